The fraction of sp³-hybridized carbons (Fsp3) is 0.350. The van der Waals surface area contributed by atoms with Crippen molar-refractivity contribution in [2.45, 2.75) is 25.8 Å². The molecule has 0 aliphatic carbocycles. The number of benzene rings is 2. The lowest BCUT2D eigenvalue weighted by Gasteiger charge is -2.33. The molecule has 130 valence electrons. The van der Waals surface area contributed by atoms with Crippen molar-refractivity contribution in [2.75, 3.05) is 25.1 Å². The highest BCUT2D eigenvalue weighted by molar-refractivity contribution is 6.05. The predicted octanol–water partition coefficient (Wildman–Crippen LogP) is 2.25. The van der Waals surface area contributed by atoms with Gasteiger partial charge in [-0.1, -0.05) is 5.92 Å². The van der Waals surface area contributed by atoms with E-state index in [9.17, 15) is 4.79 Å². The number of nitrogens with two attached hydrogens (primary N) is 2. The van der Waals surface area contributed by atoms with Crippen LogP contribution in [0.2, 0.25) is 0 Å². The number of carbonyl (C=O) groups is 1. The molecule has 2 aromatic rings. The van der Waals surface area contributed by atoms with Crippen LogP contribution < -0.4 is 21.1 Å². The fourth-order valence-corrected chi connectivity index (χ4v) is 3.38. The summed E-state index contributed by atoms with van der Waals surface area (Å²) in [5.74, 6) is 6.01. The Labute approximate surface area is 147 Å². The molecule has 25 heavy (non-hydrogen) atoms. The summed E-state index contributed by atoms with van der Waals surface area (Å²) in [7, 11) is 1.54. The third kappa shape index (κ3) is 3.26. The van der Waals surface area contributed by atoms with Gasteiger partial charge in [-0.2, -0.15) is 0 Å². The van der Waals surface area contributed by atoms with E-state index >= 15 is 0 Å². The number of methoxy groups -OCH3 is 1. The molecule has 3 rings (SSSR count). The molecule has 5 nitrogen and oxygen atoms in total. The van der Waals surface area contributed by atoms with Gasteiger partial charge in [0, 0.05) is 41.2 Å². The first-order valence-corrected chi connectivity index (χ1v) is 8.43. The number of anilines is 1. The third-order valence-electron chi connectivity index (χ3n) is 4.72. The van der Waals surface area contributed by atoms with Crippen molar-refractivity contribution < 1.29 is 9.53 Å². The maximum atomic E-state index is 11.8. The van der Waals surface area contributed by atoms with Crippen LogP contribution in [0.3, 0.4) is 0 Å². The summed E-state index contributed by atoms with van der Waals surface area (Å²) in [4.78, 5) is 14.1. The highest BCUT2D eigenvalue weighted by atomic mass is 16.5. The SMILES string of the molecule is CC#Cc1ccc(N2CCC(N)CC2)c2cc(OC)c(C(N)=O)cc12. The lowest BCUT2D eigenvalue weighted by molar-refractivity contribution is 0.0997. The van der Waals surface area contributed by atoms with E-state index in [-0.39, 0.29) is 6.04 Å². The van der Waals surface area contributed by atoms with Crippen molar-refractivity contribution in [3.05, 3.63) is 35.4 Å². The van der Waals surface area contributed by atoms with Crippen molar-refractivity contribution in [1.29, 1.82) is 0 Å². The Morgan fingerprint density at radius 3 is 2.56 bits per heavy atom. The van der Waals surface area contributed by atoms with Gasteiger partial charge in [-0.05, 0) is 44.0 Å². The Morgan fingerprint density at radius 1 is 1.24 bits per heavy atom. The van der Waals surface area contributed by atoms with E-state index in [0.717, 1.165) is 48.0 Å². The van der Waals surface area contributed by atoms with Crippen LogP contribution in [0.4, 0.5) is 5.69 Å². The number of amides is 1. The number of primary amides is 1. The molecule has 1 amide bonds. The number of nitrogens with zero attached hydrogens (tertiary/aromatic N) is 1. The van der Waals surface area contributed by atoms with E-state index in [1.165, 1.54) is 0 Å². The van der Waals surface area contributed by atoms with Crippen molar-refractivity contribution in [3.63, 3.8) is 0 Å². The highest BCUT2D eigenvalue weighted by Crippen LogP contribution is 2.35. The molecule has 2 aromatic carbocycles. The van der Waals surface area contributed by atoms with Gasteiger partial charge in [-0.15, -0.1) is 5.92 Å². The van der Waals surface area contributed by atoms with Crippen molar-refractivity contribution in [1.82, 2.24) is 0 Å². The molecule has 5 heteroatoms. The van der Waals surface area contributed by atoms with Gasteiger partial charge >= 0.3 is 0 Å². The minimum Gasteiger partial charge on any atom is -0.496 e. The number of piperidine rings is 1. The average molecular weight is 337 g/mol. The first kappa shape index (κ1) is 17.1. The molecule has 0 spiro atoms. The van der Waals surface area contributed by atoms with Gasteiger partial charge < -0.3 is 21.1 Å². The highest BCUT2D eigenvalue weighted by Gasteiger charge is 2.20. The van der Waals surface area contributed by atoms with Gasteiger partial charge in [0.2, 0.25) is 0 Å². The Bertz CT molecular complexity index is 872. The van der Waals surface area contributed by atoms with E-state index in [2.05, 4.69) is 22.8 Å². The van der Waals surface area contributed by atoms with Crippen molar-refractivity contribution >= 4 is 22.4 Å². The molecule has 0 unspecified atom stereocenters. The molecule has 0 radical (unpaired) electrons. The Balaban J connectivity index is 2.23. The largest absolute Gasteiger partial charge is 0.496 e. The molecule has 1 aliphatic heterocycles. The topological polar surface area (TPSA) is 81.6 Å². The van der Waals surface area contributed by atoms with Crippen LogP contribution in [-0.4, -0.2) is 32.1 Å². The number of fused-ring (bicyclic) bond motifs is 1. The Morgan fingerprint density at radius 2 is 1.96 bits per heavy atom. The molecule has 0 atom stereocenters. The molecular weight excluding hydrogens is 314 g/mol. The van der Waals surface area contributed by atoms with Gasteiger partial charge in [-0.3, -0.25) is 4.79 Å². The van der Waals surface area contributed by atoms with Crippen molar-refractivity contribution in [2.24, 2.45) is 11.5 Å². The Kier molecular flexibility index (Phi) is 4.82. The summed E-state index contributed by atoms with van der Waals surface area (Å²) < 4.78 is 5.40. The molecule has 0 aromatic heterocycles. The second-order valence-corrected chi connectivity index (χ2v) is 6.29. The predicted molar refractivity (Wildman–Crippen MR) is 101 cm³/mol. The number of carbonyl (C=O) groups excluding carboxylic acids is 1. The molecule has 0 bridgehead atoms. The third-order valence-corrected chi connectivity index (χ3v) is 4.72. The lowest BCUT2D eigenvalue weighted by Crippen LogP contribution is -2.39. The van der Waals surface area contributed by atoms with Crippen LogP contribution in [0.1, 0.15) is 35.7 Å². The van der Waals surface area contributed by atoms with Gasteiger partial charge in [0.05, 0.1) is 12.7 Å². The van der Waals surface area contributed by atoms with Crippen LogP contribution in [-0.2, 0) is 0 Å². The smallest absolute Gasteiger partial charge is 0.252 e. The van der Waals surface area contributed by atoms with Crippen LogP contribution in [0.25, 0.3) is 10.8 Å². The summed E-state index contributed by atoms with van der Waals surface area (Å²) in [6.45, 7) is 3.62. The fourth-order valence-electron chi connectivity index (χ4n) is 3.38. The van der Waals surface area contributed by atoms with Crippen LogP contribution in [0.15, 0.2) is 24.3 Å². The number of rotatable bonds is 3. The lowest BCUT2D eigenvalue weighted by atomic mass is 9.97. The second-order valence-electron chi connectivity index (χ2n) is 6.29. The monoisotopic (exact) mass is 337 g/mol. The summed E-state index contributed by atoms with van der Waals surface area (Å²) in [5.41, 5.74) is 13.9. The van der Waals surface area contributed by atoms with Crippen molar-refractivity contribution in [3.8, 4) is 17.6 Å². The normalized spacial score (nSPS) is 14.9. The second kappa shape index (κ2) is 7.04. The van der Waals surface area contributed by atoms with Crippen LogP contribution in [0.5, 0.6) is 5.75 Å². The zero-order valence-electron chi connectivity index (χ0n) is 14.6. The van der Waals surface area contributed by atoms with E-state index in [0.29, 0.717) is 11.3 Å². The minimum absolute atomic E-state index is 0.267. The van der Waals surface area contributed by atoms with Crippen LogP contribution in [0, 0.1) is 11.8 Å². The molecule has 0 saturated carbocycles. The molecule has 4 N–H and O–H groups in total. The zero-order valence-corrected chi connectivity index (χ0v) is 14.6. The average Bonchev–Trinajstić information content (AvgIpc) is 2.62. The maximum absolute atomic E-state index is 11.8. The summed E-state index contributed by atoms with van der Waals surface area (Å²) in [6.07, 6.45) is 1.93. The van der Waals surface area contributed by atoms with Crippen LogP contribution >= 0.6 is 0 Å². The van der Waals surface area contributed by atoms with E-state index in [1.807, 2.05) is 12.1 Å². The minimum atomic E-state index is -0.511. The first-order valence-electron chi connectivity index (χ1n) is 8.43. The molecular formula is C20H23N3O2. The quantitative estimate of drug-likeness (QED) is 0.842. The number of hydrogen-bond acceptors (Lipinski definition) is 4. The van der Waals surface area contributed by atoms with Gasteiger partial charge in [0.25, 0.3) is 5.91 Å². The molecule has 1 fully saturated rings. The summed E-state index contributed by atoms with van der Waals surface area (Å²) in [6, 6.07) is 8.03. The molecule has 1 saturated heterocycles. The molecule has 1 heterocycles. The maximum Gasteiger partial charge on any atom is 0.252 e. The van der Waals surface area contributed by atoms with E-state index in [4.69, 9.17) is 16.2 Å². The first-order chi connectivity index (χ1) is 12.0. The number of ether oxygens (including phenoxy) is 1. The van der Waals surface area contributed by atoms with Gasteiger partial charge in [0.15, 0.2) is 0 Å². The summed E-state index contributed by atoms with van der Waals surface area (Å²) >= 11 is 0. The standard InChI is InChI=1S/C20H23N3O2/c1-3-4-13-5-6-18(23-9-7-14(21)8-10-23)16-12-19(25-2)17(20(22)24)11-15(13)16/h5-6,11-12,14H,7-10,21H2,1-2H3,(H2,22,24). The number of hydrogen-bond donors (Lipinski definition) is 2. The van der Waals surface area contributed by atoms with E-state index in [1.54, 1.807) is 20.1 Å². The van der Waals surface area contributed by atoms with Gasteiger partial charge in [0.1, 0.15) is 5.75 Å². The zero-order chi connectivity index (χ0) is 18.0. The van der Waals surface area contributed by atoms with E-state index < -0.39 is 5.91 Å². The summed E-state index contributed by atoms with van der Waals surface area (Å²) in [5, 5.41) is 1.92. The van der Waals surface area contributed by atoms with Gasteiger partial charge in [-0.25, -0.2) is 0 Å². The molecule has 1 aliphatic rings. The Hall–Kier alpha value is -2.71.